The van der Waals surface area contributed by atoms with Gasteiger partial charge in [0.2, 0.25) is 5.91 Å². The predicted octanol–water partition coefficient (Wildman–Crippen LogP) is -0.707. The van der Waals surface area contributed by atoms with Crippen molar-refractivity contribution in [2.45, 2.75) is 31.9 Å². The van der Waals surface area contributed by atoms with Crippen LogP contribution in [0.3, 0.4) is 0 Å². The number of rotatable bonds is 6. The number of H-pyrrole nitrogens is 1. The Morgan fingerprint density at radius 3 is 2.76 bits per heavy atom. The molecule has 0 fully saturated rings. The number of carbonyl (C=O) groups excluding carboxylic acids is 1. The van der Waals surface area contributed by atoms with E-state index in [1.165, 1.54) is 12.5 Å². The highest BCUT2D eigenvalue weighted by Gasteiger charge is 2.23. The lowest BCUT2D eigenvalue weighted by Crippen LogP contribution is -2.46. The summed E-state index contributed by atoms with van der Waals surface area (Å²) in [5.41, 5.74) is 0.601. The number of carbonyl (C=O) groups is 2. The lowest BCUT2D eigenvalue weighted by Gasteiger charge is -2.15. The molecule has 17 heavy (non-hydrogen) atoms. The zero-order valence-corrected chi connectivity index (χ0v) is 9.38. The Bertz CT molecular complexity index is 377. The first-order valence-electron chi connectivity index (χ1n) is 5.23. The molecule has 1 heterocycles. The van der Waals surface area contributed by atoms with E-state index in [-0.39, 0.29) is 12.8 Å². The number of aliphatic carboxylic acids is 1. The zero-order chi connectivity index (χ0) is 12.8. The predicted molar refractivity (Wildman–Crippen MR) is 58.2 cm³/mol. The minimum absolute atomic E-state index is 0.0947. The molecule has 1 rings (SSSR count). The van der Waals surface area contributed by atoms with Crippen molar-refractivity contribution in [3.05, 3.63) is 18.2 Å². The molecule has 7 nitrogen and oxygen atoms in total. The standard InChI is InChI=1S/C10H15N3O4/c1-2-8(14)9(15)13-7(10(16)17)3-6-4-11-5-12-6/h4-5,7-8,14H,2-3H2,1H3,(H,11,12)(H,13,15)(H,16,17)/t7-,8?/m0/s1. The first-order valence-corrected chi connectivity index (χ1v) is 5.23. The monoisotopic (exact) mass is 241 g/mol. The minimum Gasteiger partial charge on any atom is -0.480 e. The van der Waals surface area contributed by atoms with Gasteiger partial charge in [-0.05, 0) is 6.42 Å². The molecule has 1 aromatic heterocycles. The largest absolute Gasteiger partial charge is 0.480 e. The number of imidazole rings is 1. The number of hydrogen-bond donors (Lipinski definition) is 4. The van der Waals surface area contributed by atoms with E-state index < -0.39 is 24.0 Å². The second-order valence-corrected chi connectivity index (χ2v) is 3.60. The van der Waals surface area contributed by atoms with Gasteiger partial charge < -0.3 is 20.5 Å². The van der Waals surface area contributed by atoms with E-state index in [1.807, 2.05) is 0 Å². The SMILES string of the molecule is CCC(O)C(=O)N[C@@H](Cc1cnc[nH]1)C(=O)O. The van der Waals surface area contributed by atoms with Crippen LogP contribution in [0, 0.1) is 0 Å². The molecule has 1 amide bonds. The Kier molecular flexibility index (Phi) is 4.65. The maximum absolute atomic E-state index is 11.4. The number of nitrogens with zero attached hydrogens (tertiary/aromatic N) is 1. The molecule has 0 saturated heterocycles. The number of aromatic nitrogens is 2. The highest BCUT2D eigenvalue weighted by molar-refractivity contribution is 5.86. The molecule has 2 atom stereocenters. The number of amides is 1. The summed E-state index contributed by atoms with van der Waals surface area (Å²) in [5, 5.41) is 20.5. The number of carboxylic acid groups (broad SMARTS) is 1. The van der Waals surface area contributed by atoms with Gasteiger partial charge >= 0.3 is 5.97 Å². The molecular weight excluding hydrogens is 226 g/mol. The molecule has 1 aromatic rings. The van der Waals surface area contributed by atoms with E-state index in [0.717, 1.165) is 0 Å². The molecule has 0 radical (unpaired) electrons. The number of aliphatic hydroxyl groups is 1. The molecule has 1 unspecified atom stereocenters. The molecular formula is C10H15N3O4. The lowest BCUT2D eigenvalue weighted by atomic mass is 10.1. The topological polar surface area (TPSA) is 115 Å². The third-order valence-electron chi connectivity index (χ3n) is 2.28. The summed E-state index contributed by atoms with van der Waals surface area (Å²) in [6, 6.07) is -1.08. The van der Waals surface area contributed by atoms with E-state index in [0.29, 0.717) is 5.69 Å². The van der Waals surface area contributed by atoms with E-state index in [4.69, 9.17) is 5.11 Å². The Morgan fingerprint density at radius 1 is 1.59 bits per heavy atom. The van der Waals surface area contributed by atoms with Crippen LogP contribution in [0.5, 0.6) is 0 Å². The Balaban J connectivity index is 2.61. The van der Waals surface area contributed by atoms with Gasteiger partial charge in [-0.3, -0.25) is 4.79 Å². The summed E-state index contributed by atoms with van der Waals surface area (Å²) < 4.78 is 0. The highest BCUT2D eigenvalue weighted by Crippen LogP contribution is 2.00. The van der Waals surface area contributed by atoms with Gasteiger partial charge in [0.05, 0.1) is 6.33 Å². The molecule has 4 N–H and O–H groups in total. The number of aromatic amines is 1. The third kappa shape index (κ3) is 3.87. The highest BCUT2D eigenvalue weighted by atomic mass is 16.4. The third-order valence-corrected chi connectivity index (χ3v) is 2.28. The quantitative estimate of drug-likeness (QED) is 0.525. The number of aliphatic hydroxyl groups excluding tert-OH is 1. The van der Waals surface area contributed by atoms with Crippen molar-refractivity contribution in [1.82, 2.24) is 15.3 Å². The van der Waals surface area contributed by atoms with Crippen LogP contribution < -0.4 is 5.32 Å². The van der Waals surface area contributed by atoms with Crippen molar-refractivity contribution in [1.29, 1.82) is 0 Å². The van der Waals surface area contributed by atoms with E-state index in [2.05, 4.69) is 15.3 Å². The van der Waals surface area contributed by atoms with Crippen molar-refractivity contribution in [2.75, 3.05) is 0 Å². The van der Waals surface area contributed by atoms with Crippen molar-refractivity contribution in [3.8, 4) is 0 Å². The van der Waals surface area contributed by atoms with Gasteiger partial charge in [-0.25, -0.2) is 9.78 Å². The summed E-state index contributed by atoms with van der Waals surface area (Å²) in [4.78, 5) is 28.8. The van der Waals surface area contributed by atoms with Crippen LogP contribution in [-0.2, 0) is 16.0 Å². The second-order valence-electron chi connectivity index (χ2n) is 3.60. The molecule has 0 aliphatic carbocycles. The molecule has 0 aliphatic rings. The number of nitrogens with one attached hydrogen (secondary N) is 2. The molecule has 0 saturated carbocycles. The van der Waals surface area contributed by atoms with E-state index in [1.54, 1.807) is 6.92 Å². The summed E-state index contributed by atoms with van der Waals surface area (Å²) >= 11 is 0. The fraction of sp³-hybridized carbons (Fsp3) is 0.500. The van der Waals surface area contributed by atoms with Gasteiger partial charge in [0.1, 0.15) is 12.1 Å². The van der Waals surface area contributed by atoms with Gasteiger partial charge in [0.25, 0.3) is 0 Å². The van der Waals surface area contributed by atoms with Gasteiger partial charge in [-0.2, -0.15) is 0 Å². The molecule has 0 bridgehead atoms. The maximum Gasteiger partial charge on any atom is 0.326 e. The van der Waals surface area contributed by atoms with E-state index >= 15 is 0 Å². The summed E-state index contributed by atoms with van der Waals surface area (Å²) in [5.74, 6) is -1.84. The van der Waals surface area contributed by atoms with Gasteiger partial charge in [-0.15, -0.1) is 0 Å². The van der Waals surface area contributed by atoms with Crippen LogP contribution in [0.2, 0.25) is 0 Å². The molecule has 94 valence electrons. The molecule has 0 aromatic carbocycles. The van der Waals surface area contributed by atoms with Crippen LogP contribution >= 0.6 is 0 Å². The van der Waals surface area contributed by atoms with Gasteiger partial charge in [0.15, 0.2) is 0 Å². The van der Waals surface area contributed by atoms with Crippen LogP contribution in [0.25, 0.3) is 0 Å². The van der Waals surface area contributed by atoms with Crippen molar-refractivity contribution >= 4 is 11.9 Å². The smallest absolute Gasteiger partial charge is 0.326 e. The van der Waals surface area contributed by atoms with Gasteiger partial charge in [0, 0.05) is 18.3 Å². The zero-order valence-electron chi connectivity index (χ0n) is 9.38. The normalized spacial score (nSPS) is 14.0. The number of hydrogen-bond acceptors (Lipinski definition) is 4. The van der Waals surface area contributed by atoms with Crippen LogP contribution in [0.15, 0.2) is 12.5 Å². The summed E-state index contributed by atoms with van der Waals surface area (Å²) in [6.07, 6.45) is 2.06. The van der Waals surface area contributed by atoms with Crippen LogP contribution in [0.4, 0.5) is 0 Å². The first-order chi connectivity index (χ1) is 8.04. The summed E-state index contributed by atoms with van der Waals surface area (Å²) in [7, 11) is 0. The van der Waals surface area contributed by atoms with Crippen molar-refractivity contribution in [2.24, 2.45) is 0 Å². The molecule has 0 spiro atoms. The minimum atomic E-state index is -1.18. The van der Waals surface area contributed by atoms with Gasteiger partial charge in [-0.1, -0.05) is 6.92 Å². The fourth-order valence-electron chi connectivity index (χ4n) is 1.27. The average Bonchev–Trinajstić information content (AvgIpc) is 2.79. The summed E-state index contributed by atoms with van der Waals surface area (Å²) in [6.45, 7) is 1.63. The fourth-order valence-corrected chi connectivity index (χ4v) is 1.27. The Labute approximate surface area is 97.9 Å². The van der Waals surface area contributed by atoms with Crippen molar-refractivity contribution < 1.29 is 19.8 Å². The Hall–Kier alpha value is -1.89. The first kappa shape index (κ1) is 13.2. The van der Waals surface area contributed by atoms with Crippen LogP contribution in [0.1, 0.15) is 19.0 Å². The van der Waals surface area contributed by atoms with E-state index in [9.17, 15) is 14.7 Å². The Morgan fingerprint density at radius 2 is 2.29 bits per heavy atom. The number of carboxylic acids is 1. The lowest BCUT2D eigenvalue weighted by molar-refractivity contribution is -0.143. The molecule has 0 aliphatic heterocycles. The average molecular weight is 241 g/mol. The molecule has 7 heteroatoms. The second kappa shape index (κ2) is 6.00. The maximum atomic E-state index is 11.4. The van der Waals surface area contributed by atoms with Crippen molar-refractivity contribution in [3.63, 3.8) is 0 Å². The van der Waals surface area contributed by atoms with Crippen LogP contribution in [-0.4, -0.2) is 44.2 Å².